The van der Waals surface area contributed by atoms with Gasteiger partial charge in [0.25, 0.3) is 0 Å². The van der Waals surface area contributed by atoms with Crippen LogP contribution in [0.2, 0.25) is 0 Å². The largest absolute Gasteiger partial charge is 0.389 e. The molecule has 2 nitrogen and oxygen atoms in total. The average Bonchev–Trinajstić information content (AvgIpc) is 2.64. The number of hydrogen-bond acceptors (Lipinski definition) is 2. The summed E-state index contributed by atoms with van der Waals surface area (Å²) in [5.41, 5.74) is 2.21. The molecule has 1 N–H and O–H groups in total. The first-order chi connectivity index (χ1) is 7.59. The van der Waals surface area contributed by atoms with Gasteiger partial charge in [-0.15, -0.1) is 0 Å². The van der Waals surface area contributed by atoms with Crippen LogP contribution in [-0.2, 0) is 0 Å². The monoisotopic (exact) mass is 283 g/mol. The molecule has 2 rings (SSSR count). The highest BCUT2D eigenvalue weighted by Gasteiger charge is 2.22. The zero-order valence-electron chi connectivity index (χ0n) is 9.78. The maximum absolute atomic E-state index is 9.52. The van der Waals surface area contributed by atoms with Crippen molar-refractivity contribution in [1.29, 1.82) is 0 Å². The third-order valence-electron chi connectivity index (χ3n) is 3.32. The molecule has 1 saturated heterocycles. The molecule has 0 saturated carbocycles. The minimum atomic E-state index is -0.402. The Bertz CT molecular complexity index is 378. The van der Waals surface area contributed by atoms with Gasteiger partial charge in [0.15, 0.2) is 0 Å². The average molecular weight is 284 g/mol. The quantitative estimate of drug-likeness (QED) is 0.898. The van der Waals surface area contributed by atoms with E-state index in [0.717, 1.165) is 16.6 Å². The lowest BCUT2D eigenvalue weighted by atomic mass is 10.1. The summed E-state index contributed by atoms with van der Waals surface area (Å²) in [7, 11) is 0. The minimum Gasteiger partial charge on any atom is -0.389 e. The third kappa shape index (κ3) is 2.25. The summed E-state index contributed by atoms with van der Waals surface area (Å²) in [6.07, 6.45) is 2.14. The maximum atomic E-state index is 9.52. The van der Waals surface area contributed by atoms with Gasteiger partial charge in [-0.25, -0.2) is 0 Å². The molecule has 1 heterocycles. The summed E-state index contributed by atoms with van der Waals surface area (Å²) in [5, 5.41) is 9.52. The highest BCUT2D eigenvalue weighted by molar-refractivity contribution is 9.10. The standard InChI is InChI=1S/C13H18BrNO/c1-9-4-3-7-15(9)13-6-5-11(10(2)16)8-12(13)14/h5-6,8-10,16H,3-4,7H2,1-2H3. The maximum Gasteiger partial charge on any atom is 0.0762 e. The number of nitrogens with zero attached hydrogens (tertiary/aromatic N) is 1. The van der Waals surface area contributed by atoms with E-state index in [2.05, 4.69) is 33.8 Å². The molecule has 0 spiro atoms. The van der Waals surface area contributed by atoms with E-state index in [1.165, 1.54) is 18.5 Å². The Morgan fingerprint density at radius 1 is 1.50 bits per heavy atom. The SMILES string of the molecule is CC(O)c1ccc(N2CCCC2C)c(Br)c1. The molecule has 1 aliphatic heterocycles. The van der Waals surface area contributed by atoms with Gasteiger partial charge < -0.3 is 10.0 Å². The fraction of sp³-hybridized carbons (Fsp3) is 0.538. The molecule has 0 aromatic heterocycles. The van der Waals surface area contributed by atoms with E-state index in [9.17, 15) is 5.11 Å². The van der Waals surface area contributed by atoms with Gasteiger partial charge in [-0.05, 0) is 60.3 Å². The number of rotatable bonds is 2. The van der Waals surface area contributed by atoms with E-state index < -0.39 is 6.10 Å². The first-order valence-corrected chi connectivity index (χ1v) is 6.63. The van der Waals surface area contributed by atoms with Crippen molar-refractivity contribution >= 4 is 21.6 Å². The summed E-state index contributed by atoms with van der Waals surface area (Å²) in [6, 6.07) is 6.75. The molecule has 1 fully saturated rings. The fourth-order valence-corrected chi connectivity index (χ4v) is 2.93. The number of aliphatic hydroxyl groups excluding tert-OH is 1. The molecule has 88 valence electrons. The number of hydrogen-bond donors (Lipinski definition) is 1. The first kappa shape index (κ1) is 11.9. The summed E-state index contributed by atoms with van der Waals surface area (Å²) in [4.78, 5) is 2.43. The lowest BCUT2D eigenvalue weighted by Gasteiger charge is -2.25. The molecule has 1 aliphatic rings. The van der Waals surface area contributed by atoms with Gasteiger partial charge >= 0.3 is 0 Å². The van der Waals surface area contributed by atoms with Crippen LogP contribution in [0.1, 0.15) is 38.4 Å². The van der Waals surface area contributed by atoms with Crippen molar-refractivity contribution in [1.82, 2.24) is 0 Å². The zero-order chi connectivity index (χ0) is 11.7. The van der Waals surface area contributed by atoms with E-state index in [0.29, 0.717) is 6.04 Å². The van der Waals surface area contributed by atoms with Crippen LogP contribution in [0.5, 0.6) is 0 Å². The van der Waals surface area contributed by atoms with Crippen molar-refractivity contribution in [2.75, 3.05) is 11.4 Å². The predicted molar refractivity (Wildman–Crippen MR) is 70.8 cm³/mol. The van der Waals surface area contributed by atoms with Crippen molar-refractivity contribution in [3.05, 3.63) is 28.2 Å². The Kier molecular flexibility index (Phi) is 3.55. The second kappa shape index (κ2) is 4.76. The Morgan fingerprint density at radius 3 is 2.75 bits per heavy atom. The molecule has 0 aliphatic carbocycles. The first-order valence-electron chi connectivity index (χ1n) is 5.83. The number of anilines is 1. The lowest BCUT2D eigenvalue weighted by Crippen LogP contribution is -2.26. The summed E-state index contributed by atoms with van der Waals surface area (Å²) in [6.45, 7) is 5.19. The number of halogens is 1. The van der Waals surface area contributed by atoms with Crippen LogP contribution in [0.4, 0.5) is 5.69 Å². The predicted octanol–water partition coefficient (Wildman–Crippen LogP) is 3.49. The van der Waals surface area contributed by atoms with Crippen LogP contribution in [0.3, 0.4) is 0 Å². The van der Waals surface area contributed by atoms with Gasteiger partial charge in [-0.1, -0.05) is 6.07 Å². The fourth-order valence-electron chi connectivity index (χ4n) is 2.31. The van der Waals surface area contributed by atoms with Crippen LogP contribution in [0.15, 0.2) is 22.7 Å². The van der Waals surface area contributed by atoms with Crippen molar-refractivity contribution in [2.24, 2.45) is 0 Å². The van der Waals surface area contributed by atoms with E-state index in [1.54, 1.807) is 6.92 Å². The molecular formula is C13H18BrNO. The molecule has 0 radical (unpaired) electrons. The Labute approximate surface area is 105 Å². The van der Waals surface area contributed by atoms with Crippen LogP contribution < -0.4 is 4.90 Å². The Hall–Kier alpha value is -0.540. The van der Waals surface area contributed by atoms with Crippen molar-refractivity contribution in [2.45, 2.75) is 38.8 Å². The smallest absolute Gasteiger partial charge is 0.0762 e. The van der Waals surface area contributed by atoms with Gasteiger partial charge in [-0.2, -0.15) is 0 Å². The second-order valence-electron chi connectivity index (χ2n) is 4.57. The summed E-state index contributed by atoms with van der Waals surface area (Å²) < 4.78 is 1.08. The molecule has 16 heavy (non-hydrogen) atoms. The number of benzene rings is 1. The van der Waals surface area contributed by atoms with Crippen molar-refractivity contribution in [3.8, 4) is 0 Å². The van der Waals surface area contributed by atoms with Gasteiger partial charge in [0.2, 0.25) is 0 Å². The van der Waals surface area contributed by atoms with E-state index >= 15 is 0 Å². The van der Waals surface area contributed by atoms with E-state index in [-0.39, 0.29) is 0 Å². The summed E-state index contributed by atoms with van der Waals surface area (Å²) >= 11 is 3.60. The zero-order valence-corrected chi connectivity index (χ0v) is 11.4. The second-order valence-corrected chi connectivity index (χ2v) is 5.43. The molecule has 0 amide bonds. The molecular weight excluding hydrogens is 266 g/mol. The lowest BCUT2D eigenvalue weighted by molar-refractivity contribution is 0.199. The van der Waals surface area contributed by atoms with Gasteiger partial charge in [0.1, 0.15) is 0 Å². The molecule has 1 aromatic carbocycles. The highest BCUT2D eigenvalue weighted by Crippen LogP contribution is 2.33. The van der Waals surface area contributed by atoms with Crippen LogP contribution in [-0.4, -0.2) is 17.7 Å². The topological polar surface area (TPSA) is 23.5 Å². The molecule has 1 aromatic rings. The third-order valence-corrected chi connectivity index (χ3v) is 3.95. The Morgan fingerprint density at radius 2 is 2.25 bits per heavy atom. The van der Waals surface area contributed by atoms with Crippen LogP contribution in [0.25, 0.3) is 0 Å². The minimum absolute atomic E-state index is 0.402. The van der Waals surface area contributed by atoms with E-state index in [1.807, 2.05) is 12.1 Å². The molecule has 3 heteroatoms. The van der Waals surface area contributed by atoms with Crippen molar-refractivity contribution < 1.29 is 5.11 Å². The molecule has 0 bridgehead atoms. The van der Waals surface area contributed by atoms with Crippen molar-refractivity contribution in [3.63, 3.8) is 0 Å². The molecule has 2 atom stereocenters. The number of aliphatic hydroxyl groups is 1. The highest BCUT2D eigenvalue weighted by atomic mass is 79.9. The van der Waals surface area contributed by atoms with Gasteiger partial charge in [-0.3, -0.25) is 0 Å². The Balaban J connectivity index is 2.28. The van der Waals surface area contributed by atoms with Gasteiger partial charge in [0, 0.05) is 17.1 Å². The molecule has 2 unspecified atom stereocenters. The van der Waals surface area contributed by atoms with Gasteiger partial charge in [0.05, 0.1) is 11.8 Å². The van der Waals surface area contributed by atoms with Crippen LogP contribution in [0, 0.1) is 0 Å². The van der Waals surface area contributed by atoms with E-state index in [4.69, 9.17) is 0 Å². The normalized spacial score (nSPS) is 22.5. The van der Waals surface area contributed by atoms with Crippen LogP contribution >= 0.6 is 15.9 Å². The summed E-state index contributed by atoms with van der Waals surface area (Å²) in [5.74, 6) is 0.